The summed E-state index contributed by atoms with van der Waals surface area (Å²) in [6.45, 7) is 4.69. The lowest BCUT2D eigenvalue weighted by atomic mass is 9.82. The zero-order valence-corrected chi connectivity index (χ0v) is 25.5. The van der Waals surface area contributed by atoms with Gasteiger partial charge in [0, 0.05) is 41.9 Å². The highest BCUT2D eigenvalue weighted by atomic mass is 32.1. The molecule has 1 aliphatic carbocycles. The van der Waals surface area contributed by atoms with Crippen LogP contribution in [-0.4, -0.2) is 4.57 Å². The minimum atomic E-state index is -0.0780. The Bertz CT molecular complexity index is 2650. The molecule has 0 bridgehead atoms. The van der Waals surface area contributed by atoms with Gasteiger partial charge >= 0.3 is 0 Å². The maximum Gasteiger partial charge on any atom is 0.0991 e. The fraction of sp³-hybridized carbons (Fsp3) is 0.0732. The molecule has 4 heteroatoms. The minimum Gasteiger partial charge on any atom is -0.309 e. The molecule has 9 rings (SSSR count). The van der Waals surface area contributed by atoms with Gasteiger partial charge in [0.05, 0.1) is 40.0 Å². The molecule has 6 aromatic carbocycles. The highest BCUT2D eigenvalue weighted by Gasteiger charge is 2.37. The predicted molar refractivity (Wildman–Crippen MR) is 186 cm³/mol. The lowest BCUT2D eigenvalue weighted by Crippen LogP contribution is -2.14. The molecule has 8 aromatic rings. The van der Waals surface area contributed by atoms with Crippen LogP contribution in [0.5, 0.6) is 0 Å². The monoisotopic (exact) mass is 591 g/mol. The van der Waals surface area contributed by atoms with Crippen molar-refractivity contribution in [2.45, 2.75) is 19.3 Å². The molecule has 0 aliphatic heterocycles. The Labute approximate surface area is 264 Å². The van der Waals surface area contributed by atoms with Gasteiger partial charge in [0.25, 0.3) is 0 Å². The van der Waals surface area contributed by atoms with Gasteiger partial charge in [0.2, 0.25) is 0 Å². The van der Waals surface area contributed by atoms with Crippen LogP contribution in [0.1, 0.15) is 36.1 Å². The maximum atomic E-state index is 9.94. The molecular weight excluding hydrogens is 567 g/mol. The smallest absolute Gasteiger partial charge is 0.0991 e. The second kappa shape index (κ2) is 9.16. The van der Waals surface area contributed by atoms with Crippen LogP contribution < -0.4 is 0 Å². The number of hydrogen-bond donors (Lipinski definition) is 0. The molecule has 0 amide bonds. The molecular formula is C41H25N3S. The number of thiophene rings is 1. The van der Waals surface area contributed by atoms with Crippen molar-refractivity contribution in [3.63, 3.8) is 0 Å². The molecule has 45 heavy (non-hydrogen) atoms. The summed E-state index contributed by atoms with van der Waals surface area (Å²) in [7, 11) is 0. The highest BCUT2D eigenvalue weighted by Crippen LogP contribution is 2.54. The first kappa shape index (κ1) is 25.8. The average Bonchev–Trinajstić information content (AvgIpc) is 3.69. The van der Waals surface area contributed by atoms with Crippen LogP contribution in [0, 0.1) is 22.7 Å². The Kier molecular flexibility index (Phi) is 5.25. The molecule has 2 heterocycles. The summed E-state index contributed by atoms with van der Waals surface area (Å²) >= 11 is 1.88. The summed E-state index contributed by atoms with van der Waals surface area (Å²) in [4.78, 5) is 0. The van der Waals surface area contributed by atoms with E-state index in [9.17, 15) is 10.5 Å². The molecule has 0 saturated carbocycles. The number of fused-ring (bicyclic) bond motifs is 10. The summed E-state index contributed by atoms with van der Waals surface area (Å²) < 4.78 is 4.88. The normalized spacial score (nSPS) is 13.2. The Balaban J connectivity index is 1.31. The van der Waals surface area contributed by atoms with E-state index < -0.39 is 0 Å². The average molecular weight is 592 g/mol. The number of rotatable bonds is 2. The van der Waals surface area contributed by atoms with Gasteiger partial charge in [-0.3, -0.25) is 0 Å². The third kappa shape index (κ3) is 3.49. The molecule has 1 aliphatic rings. The van der Waals surface area contributed by atoms with E-state index in [0.717, 1.165) is 38.6 Å². The van der Waals surface area contributed by atoms with Crippen LogP contribution in [0.2, 0.25) is 0 Å². The summed E-state index contributed by atoms with van der Waals surface area (Å²) in [5.41, 5.74) is 11.8. The molecule has 0 atom stereocenters. The molecule has 3 nitrogen and oxygen atoms in total. The lowest BCUT2D eigenvalue weighted by Gasteiger charge is -2.22. The van der Waals surface area contributed by atoms with E-state index in [1.165, 1.54) is 42.4 Å². The molecule has 0 unspecified atom stereocenters. The van der Waals surface area contributed by atoms with Crippen molar-refractivity contribution in [3.8, 4) is 40.1 Å². The van der Waals surface area contributed by atoms with Crippen LogP contribution in [-0.2, 0) is 5.41 Å². The van der Waals surface area contributed by atoms with Crippen molar-refractivity contribution in [2.75, 3.05) is 0 Å². The lowest BCUT2D eigenvalue weighted by molar-refractivity contribution is 0.667. The number of benzene rings is 6. The zero-order valence-electron chi connectivity index (χ0n) is 24.7. The number of hydrogen-bond acceptors (Lipinski definition) is 3. The molecule has 0 N–H and O–H groups in total. The van der Waals surface area contributed by atoms with Crippen molar-refractivity contribution >= 4 is 53.3 Å². The Morgan fingerprint density at radius 3 is 2.22 bits per heavy atom. The third-order valence-electron chi connectivity index (χ3n) is 9.63. The van der Waals surface area contributed by atoms with Crippen LogP contribution in [0.4, 0.5) is 0 Å². The van der Waals surface area contributed by atoms with Gasteiger partial charge in [-0.2, -0.15) is 10.5 Å². The summed E-state index contributed by atoms with van der Waals surface area (Å²) in [5, 5.41) is 24.2. The second-order valence-corrected chi connectivity index (χ2v) is 13.4. The van der Waals surface area contributed by atoms with E-state index in [0.29, 0.717) is 11.1 Å². The van der Waals surface area contributed by atoms with Crippen LogP contribution in [0.25, 0.3) is 69.9 Å². The molecule has 0 radical (unpaired) electrons. The molecule has 210 valence electrons. The Hall–Kier alpha value is -5.68. The first-order valence-corrected chi connectivity index (χ1v) is 15.9. The van der Waals surface area contributed by atoms with E-state index in [4.69, 9.17) is 0 Å². The van der Waals surface area contributed by atoms with E-state index in [1.807, 2.05) is 53.8 Å². The first-order chi connectivity index (χ1) is 22.0. The van der Waals surface area contributed by atoms with Gasteiger partial charge < -0.3 is 4.57 Å². The Morgan fingerprint density at radius 2 is 1.36 bits per heavy atom. The molecule has 0 fully saturated rings. The SMILES string of the molecule is CC1(C)c2ccccc2-c2ccc3c(sc4ccc(-c5cc(C#N)ccc5-n5c6ccccc6c6cc(C#N)ccc65)cc43)c21. The van der Waals surface area contributed by atoms with Gasteiger partial charge in [-0.25, -0.2) is 0 Å². The first-order valence-electron chi connectivity index (χ1n) is 15.1. The predicted octanol–water partition coefficient (Wildman–Crippen LogP) is 10.9. The van der Waals surface area contributed by atoms with E-state index in [-0.39, 0.29) is 5.41 Å². The highest BCUT2D eigenvalue weighted by molar-refractivity contribution is 7.26. The Morgan fingerprint density at radius 1 is 0.600 bits per heavy atom. The third-order valence-corrected chi connectivity index (χ3v) is 10.8. The van der Waals surface area contributed by atoms with Crippen molar-refractivity contribution < 1.29 is 0 Å². The molecule has 2 aromatic heterocycles. The van der Waals surface area contributed by atoms with Crippen LogP contribution in [0.15, 0.2) is 115 Å². The minimum absolute atomic E-state index is 0.0780. The van der Waals surface area contributed by atoms with Gasteiger partial charge in [0.1, 0.15) is 0 Å². The quantitative estimate of drug-likeness (QED) is 0.201. The van der Waals surface area contributed by atoms with Gasteiger partial charge in [-0.05, 0) is 82.4 Å². The zero-order chi connectivity index (χ0) is 30.4. The van der Waals surface area contributed by atoms with Crippen molar-refractivity contribution in [1.29, 1.82) is 10.5 Å². The summed E-state index contributed by atoms with van der Waals surface area (Å²) in [5.74, 6) is 0. The van der Waals surface area contributed by atoms with Gasteiger partial charge in [-0.1, -0.05) is 74.5 Å². The van der Waals surface area contributed by atoms with Crippen molar-refractivity contribution in [2.24, 2.45) is 0 Å². The topological polar surface area (TPSA) is 52.5 Å². The van der Waals surface area contributed by atoms with Crippen molar-refractivity contribution in [3.05, 3.63) is 138 Å². The van der Waals surface area contributed by atoms with E-state index in [1.54, 1.807) is 0 Å². The van der Waals surface area contributed by atoms with Crippen LogP contribution in [0.3, 0.4) is 0 Å². The largest absolute Gasteiger partial charge is 0.309 e. The second-order valence-electron chi connectivity index (χ2n) is 12.4. The standard InChI is InChI=1S/C41H25N3S/c1-41(2)34-9-5-3-7-27(34)29-14-15-30-33-21-26(13-18-38(33)45-40(30)39(29)41)31-19-24(22-42)11-16-36(31)44-35-10-6-4-8-28(35)32-20-25(23-43)12-17-37(32)44/h3-21H,1-2H3. The van der Waals surface area contributed by atoms with Crippen LogP contribution >= 0.6 is 11.3 Å². The maximum absolute atomic E-state index is 9.94. The fourth-order valence-electron chi connectivity index (χ4n) is 7.58. The van der Waals surface area contributed by atoms with Gasteiger partial charge in [-0.15, -0.1) is 11.3 Å². The van der Waals surface area contributed by atoms with Crippen molar-refractivity contribution in [1.82, 2.24) is 4.57 Å². The fourth-order valence-corrected chi connectivity index (χ4v) is 8.97. The number of para-hydroxylation sites is 1. The summed E-state index contributed by atoms with van der Waals surface area (Å²) in [6, 6.07) is 45.0. The number of nitriles is 2. The van der Waals surface area contributed by atoms with Gasteiger partial charge in [0.15, 0.2) is 0 Å². The van der Waals surface area contributed by atoms with E-state index in [2.05, 4.69) is 103 Å². The molecule has 0 saturated heterocycles. The molecule has 0 spiro atoms. The number of aromatic nitrogens is 1. The number of nitrogens with zero attached hydrogens (tertiary/aromatic N) is 3. The summed E-state index contributed by atoms with van der Waals surface area (Å²) in [6.07, 6.45) is 0. The van der Waals surface area contributed by atoms with E-state index >= 15 is 0 Å².